The van der Waals surface area contributed by atoms with Gasteiger partial charge in [-0.2, -0.15) is 0 Å². The molecule has 3 heteroatoms. The SMILES string of the molecule is COc1c(Br)cncc1C1CC1. The highest BCUT2D eigenvalue weighted by Gasteiger charge is 2.27. The van der Waals surface area contributed by atoms with Crippen LogP contribution >= 0.6 is 15.9 Å². The second kappa shape index (κ2) is 3.05. The molecular weight excluding hydrogens is 218 g/mol. The summed E-state index contributed by atoms with van der Waals surface area (Å²) in [5.41, 5.74) is 1.24. The van der Waals surface area contributed by atoms with Crippen LogP contribution in [0.1, 0.15) is 24.3 Å². The van der Waals surface area contributed by atoms with Gasteiger partial charge in [0.25, 0.3) is 0 Å². The fourth-order valence-corrected chi connectivity index (χ4v) is 1.85. The van der Waals surface area contributed by atoms with Crippen molar-refractivity contribution in [3.63, 3.8) is 0 Å². The minimum atomic E-state index is 0.685. The van der Waals surface area contributed by atoms with Crippen molar-refractivity contribution in [3.05, 3.63) is 22.4 Å². The molecule has 1 saturated carbocycles. The van der Waals surface area contributed by atoms with Crippen LogP contribution in [0.2, 0.25) is 0 Å². The molecule has 1 aliphatic carbocycles. The van der Waals surface area contributed by atoms with Crippen molar-refractivity contribution >= 4 is 15.9 Å². The van der Waals surface area contributed by atoms with E-state index in [-0.39, 0.29) is 0 Å². The number of pyridine rings is 1. The maximum atomic E-state index is 5.29. The maximum Gasteiger partial charge on any atom is 0.139 e. The van der Waals surface area contributed by atoms with E-state index in [4.69, 9.17) is 4.74 Å². The third-order valence-electron chi connectivity index (χ3n) is 2.10. The van der Waals surface area contributed by atoms with Crippen LogP contribution in [0.3, 0.4) is 0 Å². The first-order valence-corrected chi connectivity index (χ1v) is 4.79. The lowest BCUT2D eigenvalue weighted by Gasteiger charge is -2.07. The second-order valence-corrected chi connectivity index (χ2v) is 3.87. The predicted molar refractivity (Wildman–Crippen MR) is 50.5 cm³/mol. The summed E-state index contributed by atoms with van der Waals surface area (Å²) in [6.45, 7) is 0. The van der Waals surface area contributed by atoms with E-state index in [0.29, 0.717) is 5.92 Å². The van der Waals surface area contributed by atoms with Crippen LogP contribution in [0.15, 0.2) is 16.9 Å². The van der Waals surface area contributed by atoms with Gasteiger partial charge in [-0.3, -0.25) is 4.98 Å². The zero-order chi connectivity index (χ0) is 8.55. The van der Waals surface area contributed by atoms with E-state index < -0.39 is 0 Å². The van der Waals surface area contributed by atoms with Gasteiger partial charge in [-0.25, -0.2) is 0 Å². The zero-order valence-corrected chi connectivity index (χ0v) is 8.47. The molecular formula is C9H10BrNO. The Bertz CT molecular complexity index is 297. The average molecular weight is 228 g/mol. The lowest BCUT2D eigenvalue weighted by atomic mass is 10.2. The molecule has 2 rings (SSSR count). The van der Waals surface area contributed by atoms with E-state index in [1.165, 1.54) is 18.4 Å². The van der Waals surface area contributed by atoms with Gasteiger partial charge in [0.15, 0.2) is 0 Å². The van der Waals surface area contributed by atoms with Gasteiger partial charge in [-0.15, -0.1) is 0 Å². The Labute approximate surface area is 80.1 Å². The molecule has 1 aliphatic rings. The molecule has 12 heavy (non-hydrogen) atoms. The van der Waals surface area contributed by atoms with E-state index in [2.05, 4.69) is 20.9 Å². The maximum absolute atomic E-state index is 5.29. The molecule has 1 heterocycles. The van der Waals surface area contributed by atoms with Crippen molar-refractivity contribution in [2.24, 2.45) is 0 Å². The standard InChI is InChI=1S/C9H10BrNO/c1-12-9-7(6-2-3-6)4-11-5-8(9)10/h4-6H,2-3H2,1H3. The first-order valence-electron chi connectivity index (χ1n) is 4.00. The number of hydrogen-bond donors (Lipinski definition) is 0. The number of hydrogen-bond acceptors (Lipinski definition) is 2. The quantitative estimate of drug-likeness (QED) is 0.776. The minimum absolute atomic E-state index is 0.685. The largest absolute Gasteiger partial charge is 0.495 e. The lowest BCUT2D eigenvalue weighted by molar-refractivity contribution is 0.406. The normalized spacial score (nSPS) is 16.2. The number of ether oxygens (including phenoxy) is 1. The smallest absolute Gasteiger partial charge is 0.139 e. The Morgan fingerprint density at radius 1 is 1.50 bits per heavy atom. The molecule has 1 aromatic heterocycles. The predicted octanol–water partition coefficient (Wildman–Crippen LogP) is 2.73. The van der Waals surface area contributed by atoms with Crippen molar-refractivity contribution in [1.29, 1.82) is 0 Å². The highest BCUT2D eigenvalue weighted by Crippen LogP contribution is 2.45. The molecule has 0 bridgehead atoms. The van der Waals surface area contributed by atoms with Gasteiger partial charge >= 0.3 is 0 Å². The summed E-state index contributed by atoms with van der Waals surface area (Å²) in [5.74, 6) is 1.64. The molecule has 64 valence electrons. The van der Waals surface area contributed by atoms with Crippen LogP contribution in [-0.4, -0.2) is 12.1 Å². The summed E-state index contributed by atoms with van der Waals surface area (Å²) < 4.78 is 6.24. The van der Waals surface area contributed by atoms with Crippen LogP contribution in [0.4, 0.5) is 0 Å². The highest BCUT2D eigenvalue weighted by molar-refractivity contribution is 9.10. The minimum Gasteiger partial charge on any atom is -0.495 e. The molecule has 0 saturated heterocycles. The topological polar surface area (TPSA) is 22.1 Å². The van der Waals surface area contributed by atoms with Crippen molar-refractivity contribution in [2.45, 2.75) is 18.8 Å². The molecule has 0 unspecified atom stereocenters. The third kappa shape index (κ3) is 1.33. The van der Waals surface area contributed by atoms with Crippen LogP contribution in [-0.2, 0) is 0 Å². The summed E-state index contributed by atoms with van der Waals surface area (Å²) >= 11 is 3.42. The molecule has 0 aliphatic heterocycles. The molecule has 0 radical (unpaired) electrons. The fourth-order valence-electron chi connectivity index (χ4n) is 1.34. The Hall–Kier alpha value is -0.570. The fraction of sp³-hybridized carbons (Fsp3) is 0.444. The molecule has 1 aromatic rings. The van der Waals surface area contributed by atoms with Gasteiger partial charge in [0.05, 0.1) is 11.6 Å². The van der Waals surface area contributed by atoms with Crippen molar-refractivity contribution in [3.8, 4) is 5.75 Å². The average Bonchev–Trinajstić information content (AvgIpc) is 2.86. The van der Waals surface area contributed by atoms with Gasteiger partial charge in [-0.05, 0) is 34.7 Å². The van der Waals surface area contributed by atoms with Crippen molar-refractivity contribution in [2.75, 3.05) is 7.11 Å². The number of methoxy groups -OCH3 is 1. The van der Waals surface area contributed by atoms with Crippen LogP contribution in [0.5, 0.6) is 5.75 Å². The molecule has 2 nitrogen and oxygen atoms in total. The number of rotatable bonds is 2. The molecule has 0 atom stereocenters. The zero-order valence-electron chi connectivity index (χ0n) is 6.88. The molecule has 0 amide bonds. The molecule has 0 aromatic carbocycles. The number of halogens is 1. The Morgan fingerprint density at radius 2 is 2.25 bits per heavy atom. The number of nitrogens with zero attached hydrogens (tertiary/aromatic N) is 1. The Kier molecular flexibility index (Phi) is 2.05. The highest BCUT2D eigenvalue weighted by atomic mass is 79.9. The van der Waals surface area contributed by atoms with Crippen molar-refractivity contribution in [1.82, 2.24) is 4.98 Å². The number of aromatic nitrogens is 1. The van der Waals surface area contributed by atoms with Crippen molar-refractivity contribution < 1.29 is 4.74 Å². The van der Waals surface area contributed by atoms with E-state index in [9.17, 15) is 0 Å². The summed E-state index contributed by atoms with van der Waals surface area (Å²) in [5, 5.41) is 0. The summed E-state index contributed by atoms with van der Waals surface area (Å²) in [6, 6.07) is 0. The first kappa shape index (κ1) is 8.05. The van der Waals surface area contributed by atoms with Crippen LogP contribution < -0.4 is 4.74 Å². The first-order chi connectivity index (χ1) is 5.83. The van der Waals surface area contributed by atoms with E-state index >= 15 is 0 Å². The van der Waals surface area contributed by atoms with E-state index in [0.717, 1.165) is 10.2 Å². The summed E-state index contributed by atoms with van der Waals surface area (Å²) in [7, 11) is 1.70. The Balaban J connectivity index is 2.43. The molecule has 1 fully saturated rings. The molecule has 0 spiro atoms. The molecule has 0 N–H and O–H groups in total. The van der Waals surface area contributed by atoms with Gasteiger partial charge in [-0.1, -0.05) is 0 Å². The van der Waals surface area contributed by atoms with Gasteiger partial charge in [0.2, 0.25) is 0 Å². The van der Waals surface area contributed by atoms with E-state index in [1.54, 1.807) is 13.3 Å². The summed E-state index contributed by atoms with van der Waals surface area (Å²) in [6.07, 6.45) is 6.22. The van der Waals surface area contributed by atoms with E-state index in [1.807, 2.05) is 6.20 Å². The van der Waals surface area contributed by atoms with Gasteiger partial charge in [0.1, 0.15) is 5.75 Å². The monoisotopic (exact) mass is 227 g/mol. The Morgan fingerprint density at radius 3 is 2.83 bits per heavy atom. The third-order valence-corrected chi connectivity index (χ3v) is 2.67. The van der Waals surface area contributed by atoms with Crippen LogP contribution in [0, 0.1) is 0 Å². The second-order valence-electron chi connectivity index (χ2n) is 3.02. The lowest BCUT2D eigenvalue weighted by Crippen LogP contribution is -1.92. The summed E-state index contributed by atoms with van der Waals surface area (Å²) in [4.78, 5) is 4.13. The van der Waals surface area contributed by atoms with Crippen LogP contribution in [0.25, 0.3) is 0 Å². The van der Waals surface area contributed by atoms with Gasteiger partial charge in [0, 0.05) is 18.0 Å². The van der Waals surface area contributed by atoms with Gasteiger partial charge < -0.3 is 4.74 Å².